The van der Waals surface area contributed by atoms with Crippen LogP contribution >= 0.6 is 0 Å². The van der Waals surface area contributed by atoms with Crippen LogP contribution in [0, 0.1) is 0 Å². The molecule has 1 aromatic heterocycles. The summed E-state index contributed by atoms with van der Waals surface area (Å²) in [5, 5.41) is 7.58. The molecule has 0 aromatic carbocycles. The highest BCUT2D eigenvalue weighted by atomic mass is 16.5. The van der Waals surface area contributed by atoms with E-state index in [1.807, 2.05) is 12.3 Å². The van der Waals surface area contributed by atoms with Crippen molar-refractivity contribution in [2.45, 2.75) is 44.7 Å². The molecule has 5 heteroatoms. The maximum Gasteiger partial charge on any atom is 0.319 e. The molecule has 2 rings (SSSR count). The zero-order chi connectivity index (χ0) is 12.8. The number of nitrogens with one attached hydrogen (secondary N) is 1. The zero-order valence-corrected chi connectivity index (χ0v) is 10.9. The summed E-state index contributed by atoms with van der Waals surface area (Å²) in [6.07, 6.45) is 8.48. The maximum atomic E-state index is 10.9. The third kappa shape index (κ3) is 3.57. The molecule has 1 heterocycles. The number of rotatable bonds is 5. The minimum absolute atomic E-state index is 0.229. The number of carbonyl (C=O) groups is 1. The van der Waals surface area contributed by atoms with Gasteiger partial charge in [-0.1, -0.05) is 19.3 Å². The third-order valence-corrected chi connectivity index (χ3v) is 3.42. The Morgan fingerprint density at radius 2 is 2.28 bits per heavy atom. The van der Waals surface area contributed by atoms with E-state index in [0.29, 0.717) is 12.6 Å². The summed E-state index contributed by atoms with van der Waals surface area (Å²) in [5.74, 6) is -0.248. The van der Waals surface area contributed by atoms with E-state index in [1.165, 1.54) is 39.2 Å². The van der Waals surface area contributed by atoms with E-state index >= 15 is 0 Å². The third-order valence-electron chi connectivity index (χ3n) is 3.42. The molecule has 0 spiro atoms. The molecule has 0 bridgehead atoms. The molecule has 0 unspecified atom stereocenters. The van der Waals surface area contributed by atoms with Crippen LogP contribution in [0.25, 0.3) is 0 Å². The normalized spacial score (nSPS) is 16.7. The van der Waals surface area contributed by atoms with Crippen molar-refractivity contribution in [3.05, 3.63) is 18.0 Å². The molecule has 0 atom stereocenters. The first kappa shape index (κ1) is 13.1. The summed E-state index contributed by atoms with van der Waals surface area (Å²) < 4.78 is 6.64. The van der Waals surface area contributed by atoms with E-state index in [-0.39, 0.29) is 12.5 Å². The van der Waals surface area contributed by atoms with E-state index in [2.05, 4.69) is 19.8 Å². The highest BCUT2D eigenvalue weighted by molar-refractivity contribution is 5.71. The van der Waals surface area contributed by atoms with Crippen molar-refractivity contribution in [3.8, 4) is 0 Å². The van der Waals surface area contributed by atoms with Crippen LogP contribution in [0.4, 0.5) is 0 Å². The largest absolute Gasteiger partial charge is 0.468 e. The highest BCUT2D eigenvalue weighted by Crippen LogP contribution is 2.27. The lowest BCUT2D eigenvalue weighted by molar-refractivity contribution is -0.139. The highest BCUT2D eigenvalue weighted by Gasteiger charge is 2.15. The lowest BCUT2D eigenvalue weighted by atomic mass is 9.96. The first-order valence-corrected chi connectivity index (χ1v) is 6.61. The quantitative estimate of drug-likeness (QED) is 0.808. The van der Waals surface area contributed by atoms with Crippen LogP contribution in [-0.4, -0.2) is 29.4 Å². The molecule has 1 fully saturated rings. The predicted molar refractivity (Wildman–Crippen MR) is 68.1 cm³/mol. The lowest BCUT2D eigenvalue weighted by Gasteiger charge is -2.21. The van der Waals surface area contributed by atoms with Gasteiger partial charge in [0.1, 0.15) is 0 Å². The van der Waals surface area contributed by atoms with Crippen LogP contribution in [0.3, 0.4) is 0 Å². The van der Waals surface area contributed by atoms with E-state index in [0.717, 1.165) is 5.69 Å². The summed E-state index contributed by atoms with van der Waals surface area (Å²) in [5.41, 5.74) is 0.976. The molecule has 0 radical (unpaired) electrons. The molecule has 1 aromatic rings. The molecule has 0 amide bonds. The van der Waals surface area contributed by atoms with Gasteiger partial charge in [0.25, 0.3) is 0 Å². The van der Waals surface area contributed by atoms with Gasteiger partial charge in [-0.2, -0.15) is 5.10 Å². The number of methoxy groups -OCH3 is 1. The Morgan fingerprint density at radius 3 is 3.00 bits per heavy atom. The first-order valence-electron chi connectivity index (χ1n) is 6.61. The molecule has 1 N–H and O–H groups in total. The Bertz CT molecular complexity index is 383. The molecular formula is C13H21N3O2. The van der Waals surface area contributed by atoms with Crippen LogP contribution in [-0.2, 0) is 16.1 Å². The number of ether oxygens (including phenoxy) is 1. The molecule has 0 saturated heterocycles. The van der Waals surface area contributed by atoms with E-state index < -0.39 is 0 Å². The summed E-state index contributed by atoms with van der Waals surface area (Å²) in [7, 11) is 1.39. The van der Waals surface area contributed by atoms with Gasteiger partial charge >= 0.3 is 5.97 Å². The van der Waals surface area contributed by atoms with E-state index in [1.54, 1.807) is 0 Å². The van der Waals surface area contributed by atoms with Gasteiger partial charge < -0.3 is 10.1 Å². The SMILES string of the molecule is COC(=O)CNCc1ccn(C2CCCCC2)n1. The lowest BCUT2D eigenvalue weighted by Crippen LogP contribution is -2.23. The van der Waals surface area contributed by atoms with Crippen molar-refractivity contribution in [3.63, 3.8) is 0 Å². The Labute approximate surface area is 108 Å². The summed E-state index contributed by atoms with van der Waals surface area (Å²) >= 11 is 0. The van der Waals surface area contributed by atoms with Crippen molar-refractivity contribution in [2.75, 3.05) is 13.7 Å². The minimum atomic E-state index is -0.248. The zero-order valence-electron chi connectivity index (χ0n) is 10.9. The maximum absolute atomic E-state index is 10.9. The smallest absolute Gasteiger partial charge is 0.319 e. The standard InChI is InChI=1S/C13H21N3O2/c1-18-13(17)10-14-9-11-7-8-16(15-11)12-5-3-2-4-6-12/h7-8,12,14H,2-6,9-10H2,1H3. The van der Waals surface area contributed by atoms with Gasteiger partial charge in [0.05, 0.1) is 25.4 Å². The number of hydrogen-bond acceptors (Lipinski definition) is 4. The molecule has 1 saturated carbocycles. The number of esters is 1. The summed E-state index contributed by atoms with van der Waals surface area (Å²) in [6, 6.07) is 2.58. The van der Waals surface area contributed by atoms with Gasteiger partial charge in [0, 0.05) is 12.7 Å². The van der Waals surface area contributed by atoms with Crippen molar-refractivity contribution in [1.29, 1.82) is 0 Å². The van der Waals surface area contributed by atoms with Crippen LogP contribution in [0.1, 0.15) is 43.8 Å². The second kappa shape index (κ2) is 6.54. The molecule has 0 aliphatic heterocycles. The monoisotopic (exact) mass is 251 g/mol. The van der Waals surface area contributed by atoms with Crippen LogP contribution in [0.2, 0.25) is 0 Å². The van der Waals surface area contributed by atoms with Crippen LogP contribution < -0.4 is 5.32 Å². The van der Waals surface area contributed by atoms with Crippen molar-refractivity contribution in [1.82, 2.24) is 15.1 Å². The number of carbonyl (C=O) groups excluding carboxylic acids is 1. The van der Waals surface area contributed by atoms with Crippen molar-refractivity contribution in [2.24, 2.45) is 0 Å². The summed E-state index contributed by atoms with van der Waals surface area (Å²) in [4.78, 5) is 10.9. The van der Waals surface area contributed by atoms with Crippen LogP contribution in [0.15, 0.2) is 12.3 Å². The van der Waals surface area contributed by atoms with Gasteiger partial charge in [-0.25, -0.2) is 0 Å². The fourth-order valence-electron chi connectivity index (χ4n) is 2.39. The second-order valence-electron chi connectivity index (χ2n) is 4.76. The van der Waals surface area contributed by atoms with Gasteiger partial charge in [0.2, 0.25) is 0 Å². The Hall–Kier alpha value is -1.36. The topological polar surface area (TPSA) is 56.1 Å². The molecule has 100 valence electrons. The van der Waals surface area contributed by atoms with Gasteiger partial charge in [-0.3, -0.25) is 9.48 Å². The van der Waals surface area contributed by atoms with Gasteiger partial charge in [0.15, 0.2) is 0 Å². The number of nitrogens with zero attached hydrogens (tertiary/aromatic N) is 2. The number of aromatic nitrogens is 2. The minimum Gasteiger partial charge on any atom is -0.468 e. The second-order valence-corrected chi connectivity index (χ2v) is 4.76. The number of hydrogen-bond donors (Lipinski definition) is 1. The van der Waals surface area contributed by atoms with Crippen molar-refractivity contribution < 1.29 is 9.53 Å². The Morgan fingerprint density at radius 1 is 1.50 bits per heavy atom. The molecule has 1 aliphatic rings. The molecule has 1 aliphatic carbocycles. The fraction of sp³-hybridized carbons (Fsp3) is 0.692. The molecule has 5 nitrogen and oxygen atoms in total. The molecular weight excluding hydrogens is 230 g/mol. The predicted octanol–water partition coefficient (Wildman–Crippen LogP) is 1.65. The van der Waals surface area contributed by atoms with Gasteiger partial charge in [-0.15, -0.1) is 0 Å². The summed E-state index contributed by atoms with van der Waals surface area (Å²) in [6.45, 7) is 0.835. The fourth-order valence-corrected chi connectivity index (χ4v) is 2.39. The van der Waals surface area contributed by atoms with E-state index in [4.69, 9.17) is 0 Å². The van der Waals surface area contributed by atoms with Crippen molar-refractivity contribution >= 4 is 5.97 Å². The van der Waals surface area contributed by atoms with E-state index in [9.17, 15) is 4.79 Å². The van der Waals surface area contributed by atoms with Gasteiger partial charge in [-0.05, 0) is 18.9 Å². The first-order chi connectivity index (χ1) is 8.79. The average Bonchev–Trinajstić information content (AvgIpc) is 2.88. The van der Waals surface area contributed by atoms with Crippen LogP contribution in [0.5, 0.6) is 0 Å². The Balaban J connectivity index is 1.80. The Kier molecular flexibility index (Phi) is 4.75. The average molecular weight is 251 g/mol. The molecule has 18 heavy (non-hydrogen) atoms.